The van der Waals surface area contributed by atoms with Crippen LogP contribution in [-0.4, -0.2) is 17.2 Å². The van der Waals surface area contributed by atoms with Crippen molar-refractivity contribution < 1.29 is 4.74 Å². The van der Waals surface area contributed by atoms with E-state index in [2.05, 4.69) is 41.6 Å². The normalized spacial score (nSPS) is 24.7. The fourth-order valence-electron chi connectivity index (χ4n) is 2.92. The van der Waals surface area contributed by atoms with E-state index in [-0.39, 0.29) is 11.6 Å². The van der Waals surface area contributed by atoms with Crippen LogP contribution in [0.15, 0.2) is 36.5 Å². The van der Waals surface area contributed by atoms with Gasteiger partial charge in [-0.15, -0.1) is 0 Å². The molecule has 1 aliphatic heterocycles. The fraction of sp³-hybridized carbons (Fsp3) is 0.400. The molecular formula is C15H19N3O. The summed E-state index contributed by atoms with van der Waals surface area (Å²) < 4.78 is 5.90. The van der Waals surface area contributed by atoms with E-state index < -0.39 is 0 Å². The third-order valence-electron chi connectivity index (χ3n) is 3.99. The minimum absolute atomic E-state index is 0.0126. The largest absolute Gasteiger partial charge is 0.373 e. The Labute approximate surface area is 112 Å². The number of fused-ring (bicyclic) bond motifs is 1. The smallest absolute Gasteiger partial charge is 0.0862 e. The molecule has 1 fully saturated rings. The summed E-state index contributed by atoms with van der Waals surface area (Å²) >= 11 is 0. The monoisotopic (exact) mass is 257 g/mol. The fourth-order valence-corrected chi connectivity index (χ4v) is 2.92. The van der Waals surface area contributed by atoms with Gasteiger partial charge in [0.2, 0.25) is 0 Å². The van der Waals surface area contributed by atoms with Gasteiger partial charge in [-0.05, 0) is 37.5 Å². The molecule has 2 atom stereocenters. The molecule has 100 valence electrons. The molecule has 0 amide bonds. The highest BCUT2D eigenvalue weighted by molar-refractivity contribution is 5.79. The summed E-state index contributed by atoms with van der Waals surface area (Å²) in [6.45, 7) is 2.92. The Kier molecular flexibility index (Phi) is 3.22. The van der Waals surface area contributed by atoms with Gasteiger partial charge in [0.05, 0.1) is 17.2 Å². The van der Waals surface area contributed by atoms with Crippen molar-refractivity contribution in [3.8, 4) is 0 Å². The van der Waals surface area contributed by atoms with E-state index in [1.165, 1.54) is 0 Å². The number of benzene rings is 1. The lowest BCUT2D eigenvalue weighted by atomic mass is 9.88. The molecule has 2 unspecified atom stereocenters. The SMILES string of the molecule is CC1(C(NN)c2ccc3cccnc3c2)CCCO1. The molecule has 3 rings (SSSR count). The highest BCUT2D eigenvalue weighted by Crippen LogP contribution is 2.37. The molecule has 0 bridgehead atoms. The molecule has 1 aliphatic rings. The Hall–Kier alpha value is -1.49. The van der Waals surface area contributed by atoms with Crippen LogP contribution in [0.25, 0.3) is 10.9 Å². The Balaban J connectivity index is 2.01. The summed E-state index contributed by atoms with van der Waals surface area (Å²) in [5.74, 6) is 5.76. The quantitative estimate of drug-likeness (QED) is 0.654. The van der Waals surface area contributed by atoms with Gasteiger partial charge < -0.3 is 4.74 Å². The van der Waals surface area contributed by atoms with E-state index in [0.717, 1.165) is 35.9 Å². The number of nitrogens with two attached hydrogens (primary N) is 1. The first-order valence-electron chi connectivity index (χ1n) is 6.68. The van der Waals surface area contributed by atoms with Gasteiger partial charge in [-0.2, -0.15) is 0 Å². The minimum Gasteiger partial charge on any atom is -0.373 e. The first-order chi connectivity index (χ1) is 9.23. The lowest BCUT2D eigenvalue weighted by Crippen LogP contribution is -2.44. The van der Waals surface area contributed by atoms with Gasteiger partial charge in [0.25, 0.3) is 0 Å². The summed E-state index contributed by atoms with van der Waals surface area (Å²) in [5.41, 5.74) is 4.78. The van der Waals surface area contributed by atoms with E-state index in [1.54, 1.807) is 0 Å². The molecule has 19 heavy (non-hydrogen) atoms. The second kappa shape index (κ2) is 4.89. The molecule has 4 heteroatoms. The van der Waals surface area contributed by atoms with Gasteiger partial charge >= 0.3 is 0 Å². The Morgan fingerprint density at radius 3 is 3.05 bits per heavy atom. The summed E-state index contributed by atoms with van der Waals surface area (Å²) in [6.07, 6.45) is 3.91. The van der Waals surface area contributed by atoms with Crippen molar-refractivity contribution in [3.63, 3.8) is 0 Å². The third-order valence-corrected chi connectivity index (χ3v) is 3.99. The van der Waals surface area contributed by atoms with E-state index in [0.29, 0.717) is 0 Å². The first-order valence-corrected chi connectivity index (χ1v) is 6.68. The molecule has 1 aromatic heterocycles. The van der Waals surface area contributed by atoms with E-state index >= 15 is 0 Å². The highest BCUT2D eigenvalue weighted by atomic mass is 16.5. The zero-order valence-corrected chi connectivity index (χ0v) is 11.1. The summed E-state index contributed by atoms with van der Waals surface area (Å²) in [6, 6.07) is 10.3. The molecular weight excluding hydrogens is 238 g/mol. The molecule has 2 aromatic rings. The van der Waals surface area contributed by atoms with Crippen LogP contribution in [0.3, 0.4) is 0 Å². The minimum atomic E-state index is -0.239. The predicted molar refractivity (Wildman–Crippen MR) is 75.4 cm³/mol. The molecule has 2 heterocycles. The number of hydrogen-bond acceptors (Lipinski definition) is 4. The number of ether oxygens (including phenoxy) is 1. The maximum absolute atomic E-state index is 5.90. The van der Waals surface area contributed by atoms with Crippen LogP contribution < -0.4 is 11.3 Å². The van der Waals surface area contributed by atoms with Crippen LogP contribution in [0.4, 0.5) is 0 Å². The molecule has 3 N–H and O–H groups in total. The lowest BCUT2D eigenvalue weighted by molar-refractivity contribution is -0.0125. The standard InChI is InChI=1S/C15H19N3O/c1-15(7-3-9-19-15)14(18-16)12-6-5-11-4-2-8-17-13(11)10-12/h2,4-6,8,10,14,18H,3,7,9,16H2,1H3. The van der Waals surface area contributed by atoms with Gasteiger partial charge in [-0.1, -0.05) is 18.2 Å². The van der Waals surface area contributed by atoms with Crippen LogP contribution in [-0.2, 0) is 4.74 Å². The first kappa shape index (κ1) is 12.5. The molecule has 1 aromatic carbocycles. The van der Waals surface area contributed by atoms with Gasteiger partial charge in [-0.25, -0.2) is 0 Å². The zero-order chi connectivity index (χ0) is 13.3. The summed E-state index contributed by atoms with van der Waals surface area (Å²) in [4.78, 5) is 4.40. The zero-order valence-electron chi connectivity index (χ0n) is 11.1. The molecule has 4 nitrogen and oxygen atoms in total. The van der Waals surface area contributed by atoms with E-state index in [4.69, 9.17) is 10.6 Å². The Morgan fingerprint density at radius 1 is 1.42 bits per heavy atom. The number of hydrazine groups is 1. The summed E-state index contributed by atoms with van der Waals surface area (Å²) in [5, 5.41) is 1.14. The van der Waals surface area contributed by atoms with Gasteiger partial charge in [0.15, 0.2) is 0 Å². The molecule has 0 aliphatic carbocycles. The maximum atomic E-state index is 5.90. The number of pyridine rings is 1. The van der Waals surface area contributed by atoms with Crippen LogP contribution in [0, 0.1) is 0 Å². The molecule has 0 radical (unpaired) electrons. The average molecular weight is 257 g/mol. The van der Waals surface area contributed by atoms with Crippen LogP contribution in [0.2, 0.25) is 0 Å². The topological polar surface area (TPSA) is 60.2 Å². The van der Waals surface area contributed by atoms with Crippen LogP contribution in [0.1, 0.15) is 31.4 Å². The highest BCUT2D eigenvalue weighted by Gasteiger charge is 2.38. The van der Waals surface area contributed by atoms with Crippen molar-refractivity contribution in [3.05, 3.63) is 42.1 Å². The van der Waals surface area contributed by atoms with Crippen LogP contribution >= 0.6 is 0 Å². The van der Waals surface area contributed by atoms with Crippen molar-refractivity contribution in [1.82, 2.24) is 10.4 Å². The second-order valence-electron chi connectivity index (χ2n) is 5.32. The number of aromatic nitrogens is 1. The van der Waals surface area contributed by atoms with Crippen molar-refractivity contribution in [2.45, 2.75) is 31.4 Å². The summed E-state index contributed by atoms with van der Waals surface area (Å²) in [7, 11) is 0. The molecule has 1 saturated heterocycles. The van der Waals surface area contributed by atoms with Crippen molar-refractivity contribution >= 4 is 10.9 Å². The Morgan fingerprint density at radius 2 is 2.32 bits per heavy atom. The number of nitrogens with zero attached hydrogens (tertiary/aromatic N) is 1. The van der Waals surface area contributed by atoms with Crippen molar-refractivity contribution in [1.29, 1.82) is 0 Å². The second-order valence-corrected chi connectivity index (χ2v) is 5.32. The number of nitrogens with one attached hydrogen (secondary N) is 1. The van der Waals surface area contributed by atoms with Crippen LogP contribution in [0.5, 0.6) is 0 Å². The van der Waals surface area contributed by atoms with E-state index in [9.17, 15) is 0 Å². The number of hydrogen-bond donors (Lipinski definition) is 2. The lowest BCUT2D eigenvalue weighted by Gasteiger charge is -2.33. The molecule has 0 spiro atoms. The average Bonchev–Trinajstić information content (AvgIpc) is 2.87. The predicted octanol–water partition coefficient (Wildman–Crippen LogP) is 2.31. The Bertz CT molecular complexity index is 578. The van der Waals surface area contributed by atoms with Crippen molar-refractivity contribution in [2.24, 2.45) is 5.84 Å². The van der Waals surface area contributed by atoms with Gasteiger partial charge in [0, 0.05) is 18.2 Å². The maximum Gasteiger partial charge on any atom is 0.0862 e. The van der Waals surface area contributed by atoms with Gasteiger partial charge in [0.1, 0.15) is 0 Å². The number of rotatable bonds is 3. The molecule has 0 saturated carbocycles. The third kappa shape index (κ3) is 2.23. The van der Waals surface area contributed by atoms with Gasteiger partial charge in [-0.3, -0.25) is 16.3 Å². The van der Waals surface area contributed by atoms with Crippen molar-refractivity contribution in [2.75, 3.05) is 6.61 Å². The van der Waals surface area contributed by atoms with E-state index in [1.807, 2.05) is 12.3 Å².